The van der Waals surface area contributed by atoms with Gasteiger partial charge in [0.05, 0.1) is 0 Å². The van der Waals surface area contributed by atoms with Crippen LogP contribution >= 0.6 is 31.9 Å². The fraction of sp³-hybridized carbons (Fsp3) is 0.143. The number of nitrogens with two attached hydrogens (primary N) is 1. The van der Waals surface area contributed by atoms with Gasteiger partial charge in [0.25, 0.3) is 0 Å². The van der Waals surface area contributed by atoms with E-state index in [0.29, 0.717) is 10.9 Å². The molecule has 0 bridgehead atoms. The number of hydrogen-bond acceptors (Lipinski definition) is 1. The van der Waals surface area contributed by atoms with Crippen LogP contribution in [0.5, 0.6) is 0 Å². The fourth-order valence-electron chi connectivity index (χ4n) is 1.85. The summed E-state index contributed by atoms with van der Waals surface area (Å²) in [6, 6.07) is 8.51. The van der Waals surface area contributed by atoms with Gasteiger partial charge in [-0.15, -0.1) is 0 Å². The third-order valence-electron chi connectivity index (χ3n) is 2.81. The second-order valence-electron chi connectivity index (χ2n) is 4.21. The van der Waals surface area contributed by atoms with Crippen molar-refractivity contribution < 1.29 is 8.78 Å². The summed E-state index contributed by atoms with van der Waals surface area (Å²) < 4.78 is 27.7. The molecule has 100 valence electrons. The van der Waals surface area contributed by atoms with Crippen LogP contribution in [-0.4, -0.2) is 0 Å². The molecule has 0 aliphatic heterocycles. The van der Waals surface area contributed by atoms with E-state index >= 15 is 0 Å². The van der Waals surface area contributed by atoms with Crippen LogP contribution in [0.1, 0.15) is 17.2 Å². The van der Waals surface area contributed by atoms with Gasteiger partial charge in [-0.2, -0.15) is 0 Å². The minimum Gasteiger partial charge on any atom is -0.324 e. The molecule has 5 heteroatoms. The van der Waals surface area contributed by atoms with Crippen molar-refractivity contribution in [2.24, 2.45) is 5.73 Å². The van der Waals surface area contributed by atoms with Gasteiger partial charge in [-0.1, -0.05) is 37.9 Å². The first-order chi connectivity index (χ1) is 8.97. The van der Waals surface area contributed by atoms with E-state index in [1.54, 1.807) is 12.1 Å². The molecular weight excluding hydrogens is 380 g/mol. The number of rotatable bonds is 3. The molecule has 2 aromatic carbocycles. The van der Waals surface area contributed by atoms with Gasteiger partial charge in [0.1, 0.15) is 11.6 Å². The first-order valence-corrected chi connectivity index (χ1v) is 7.20. The van der Waals surface area contributed by atoms with Crippen molar-refractivity contribution in [2.75, 3.05) is 0 Å². The average molecular weight is 391 g/mol. The summed E-state index contributed by atoms with van der Waals surface area (Å²) in [4.78, 5) is 0. The van der Waals surface area contributed by atoms with Crippen LogP contribution in [0.25, 0.3) is 0 Å². The SMILES string of the molecule is NC(Cc1cc(F)ccc1Br)c1ccc(F)cc1Br. The van der Waals surface area contributed by atoms with Crippen molar-refractivity contribution in [1.29, 1.82) is 0 Å². The van der Waals surface area contributed by atoms with Gasteiger partial charge in [0.15, 0.2) is 0 Å². The average Bonchev–Trinajstić information content (AvgIpc) is 2.33. The summed E-state index contributed by atoms with van der Waals surface area (Å²) in [7, 11) is 0. The first-order valence-electron chi connectivity index (χ1n) is 5.62. The van der Waals surface area contributed by atoms with Crippen molar-refractivity contribution in [3.63, 3.8) is 0 Å². The molecule has 0 aliphatic rings. The Kier molecular flexibility index (Phi) is 4.71. The predicted molar refractivity (Wildman–Crippen MR) is 78.8 cm³/mol. The third kappa shape index (κ3) is 3.61. The van der Waals surface area contributed by atoms with E-state index in [-0.39, 0.29) is 17.7 Å². The highest BCUT2D eigenvalue weighted by Gasteiger charge is 2.13. The lowest BCUT2D eigenvalue weighted by molar-refractivity contribution is 0.618. The van der Waals surface area contributed by atoms with Crippen molar-refractivity contribution in [3.05, 3.63) is 68.1 Å². The van der Waals surface area contributed by atoms with Gasteiger partial charge < -0.3 is 5.73 Å². The van der Waals surface area contributed by atoms with E-state index in [2.05, 4.69) is 31.9 Å². The Morgan fingerprint density at radius 1 is 0.947 bits per heavy atom. The summed E-state index contributed by atoms with van der Waals surface area (Å²) >= 11 is 6.66. The van der Waals surface area contributed by atoms with Crippen LogP contribution in [0, 0.1) is 11.6 Å². The maximum Gasteiger partial charge on any atom is 0.124 e. The minimum absolute atomic E-state index is 0.302. The maximum atomic E-state index is 13.2. The normalized spacial score (nSPS) is 12.5. The lowest BCUT2D eigenvalue weighted by Gasteiger charge is -2.15. The van der Waals surface area contributed by atoms with Crippen molar-refractivity contribution in [1.82, 2.24) is 0 Å². The molecule has 0 heterocycles. The highest BCUT2D eigenvalue weighted by molar-refractivity contribution is 9.10. The third-order valence-corrected chi connectivity index (χ3v) is 4.27. The zero-order chi connectivity index (χ0) is 14.0. The monoisotopic (exact) mass is 389 g/mol. The molecule has 1 atom stereocenters. The van der Waals surface area contributed by atoms with E-state index in [1.807, 2.05) is 0 Å². The first kappa shape index (κ1) is 14.6. The molecule has 2 N–H and O–H groups in total. The zero-order valence-corrected chi connectivity index (χ0v) is 13.0. The van der Waals surface area contributed by atoms with Crippen LogP contribution < -0.4 is 5.73 Å². The van der Waals surface area contributed by atoms with Gasteiger partial charge in [0.2, 0.25) is 0 Å². The van der Waals surface area contributed by atoms with E-state index in [9.17, 15) is 8.78 Å². The molecule has 0 fully saturated rings. The van der Waals surface area contributed by atoms with Gasteiger partial charge in [0, 0.05) is 15.0 Å². The fourth-order valence-corrected chi connectivity index (χ4v) is 2.90. The van der Waals surface area contributed by atoms with Crippen LogP contribution in [0.4, 0.5) is 8.78 Å². The summed E-state index contributed by atoms with van der Waals surface area (Å²) in [5, 5.41) is 0. The smallest absolute Gasteiger partial charge is 0.124 e. The van der Waals surface area contributed by atoms with E-state index in [4.69, 9.17) is 5.73 Å². The standard InChI is InChI=1S/C14H11Br2F2N/c15-12-4-2-9(17)5-8(12)6-14(19)11-3-1-10(18)7-13(11)16/h1-5,7,14H,6,19H2. The summed E-state index contributed by atoms with van der Waals surface area (Å²) in [6.45, 7) is 0. The van der Waals surface area contributed by atoms with Crippen molar-refractivity contribution >= 4 is 31.9 Å². The Morgan fingerprint density at radius 3 is 2.26 bits per heavy atom. The van der Waals surface area contributed by atoms with E-state index < -0.39 is 0 Å². The molecule has 0 spiro atoms. The zero-order valence-electron chi connectivity index (χ0n) is 9.84. The quantitative estimate of drug-likeness (QED) is 0.805. The molecule has 0 amide bonds. The van der Waals surface area contributed by atoms with Gasteiger partial charge >= 0.3 is 0 Å². The van der Waals surface area contributed by atoms with E-state index in [0.717, 1.165) is 15.6 Å². The highest BCUT2D eigenvalue weighted by atomic mass is 79.9. The molecule has 19 heavy (non-hydrogen) atoms. The van der Waals surface area contributed by atoms with Crippen LogP contribution in [-0.2, 0) is 6.42 Å². The second kappa shape index (κ2) is 6.11. The Hall–Kier alpha value is -0.780. The van der Waals surface area contributed by atoms with Crippen LogP contribution in [0.3, 0.4) is 0 Å². The summed E-state index contributed by atoms with van der Waals surface area (Å²) in [5.41, 5.74) is 7.67. The topological polar surface area (TPSA) is 26.0 Å². The van der Waals surface area contributed by atoms with E-state index in [1.165, 1.54) is 24.3 Å². The molecule has 0 saturated heterocycles. The Labute approximate surface area is 127 Å². The number of benzene rings is 2. The van der Waals surface area contributed by atoms with Crippen LogP contribution in [0.15, 0.2) is 45.3 Å². The Morgan fingerprint density at radius 2 is 1.58 bits per heavy atom. The number of halogens is 4. The maximum absolute atomic E-state index is 13.2. The molecular formula is C14H11Br2F2N. The van der Waals surface area contributed by atoms with Crippen molar-refractivity contribution in [2.45, 2.75) is 12.5 Å². The van der Waals surface area contributed by atoms with Gasteiger partial charge in [-0.05, 0) is 47.9 Å². The summed E-state index contributed by atoms with van der Waals surface area (Å²) in [5.74, 6) is -0.627. The summed E-state index contributed by atoms with van der Waals surface area (Å²) in [6.07, 6.45) is 0.461. The Balaban J connectivity index is 2.25. The number of hydrogen-bond donors (Lipinski definition) is 1. The lowest BCUT2D eigenvalue weighted by atomic mass is 9.99. The molecule has 0 aliphatic carbocycles. The molecule has 1 unspecified atom stereocenters. The second-order valence-corrected chi connectivity index (χ2v) is 5.92. The molecule has 0 radical (unpaired) electrons. The molecule has 0 saturated carbocycles. The van der Waals surface area contributed by atoms with Gasteiger partial charge in [-0.3, -0.25) is 0 Å². The molecule has 2 rings (SSSR count). The van der Waals surface area contributed by atoms with Crippen molar-refractivity contribution in [3.8, 4) is 0 Å². The molecule has 1 nitrogen and oxygen atoms in total. The lowest BCUT2D eigenvalue weighted by Crippen LogP contribution is -2.14. The van der Waals surface area contributed by atoms with Gasteiger partial charge in [-0.25, -0.2) is 8.78 Å². The highest BCUT2D eigenvalue weighted by Crippen LogP contribution is 2.28. The predicted octanol–water partition coefficient (Wildman–Crippen LogP) is 4.73. The molecule has 0 aromatic heterocycles. The molecule has 2 aromatic rings. The minimum atomic E-state index is -0.340. The van der Waals surface area contributed by atoms with Crippen LogP contribution in [0.2, 0.25) is 0 Å². The largest absolute Gasteiger partial charge is 0.324 e. The Bertz CT molecular complexity index is 602.